The largest absolute Gasteiger partial charge is 0.497 e. The monoisotopic (exact) mass is 498 g/mol. The van der Waals surface area contributed by atoms with E-state index in [-0.39, 0.29) is 11.8 Å². The molecular weight excluding hydrogens is 472 g/mol. The molecule has 0 atom stereocenters. The van der Waals surface area contributed by atoms with Gasteiger partial charge in [-0.25, -0.2) is 4.79 Å². The number of thiocarbonyl (C=S) groups is 1. The van der Waals surface area contributed by atoms with Crippen LogP contribution in [-0.2, 0) is 14.3 Å². The van der Waals surface area contributed by atoms with Crippen molar-refractivity contribution in [2.24, 2.45) is 0 Å². The molecule has 1 aliphatic heterocycles. The number of hydrogen-bond donors (Lipinski definition) is 1. The minimum atomic E-state index is -0.406. The summed E-state index contributed by atoms with van der Waals surface area (Å²) in [6.07, 6.45) is 4.46. The smallest absolute Gasteiger partial charge is 0.337 e. The zero-order valence-electron chi connectivity index (χ0n) is 19.0. The van der Waals surface area contributed by atoms with Crippen LogP contribution in [0, 0.1) is 0 Å². The molecule has 9 heteroatoms. The highest BCUT2D eigenvalue weighted by atomic mass is 32.2. The van der Waals surface area contributed by atoms with Crippen LogP contribution in [0.4, 0.5) is 5.69 Å². The van der Waals surface area contributed by atoms with Crippen LogP contribution in [0.2, 0.25) is 0 Å². The Kier molecular flexibility index (Phi) is 9.24. The maximum absolute atomic E-state index is 12.8. The maximum atomic E-state index is 12.8. The topological polar surface area (TPSA) is 84.9 Å². The number of hydrogen-bond acceptors (Lipinski definition) is 7. The van der Waals surface area contributed by atoms with E-state index in [9.17, 15) is 14.4 Å². The van der Waals surface area contributed by atoms with Gasteiger partial charge in [0.2, 0.25) is 5.91 Å². The average molecular weight is 499 g/mol. The van der Waals surface area contributed by atoms with Crippen LogP contribution in [0.1, 0.15) is 41.6 Å². The molecule has 2 aromatic rings. The van der Waals surface area contributed by atoms with E-state index in [4.69, 9.17) is 21.7 Å². The van der Waals surface area contributed by atoms with Crippen molar-refractivity contribution in [1.29, 1.82) is 0 Å². The summed E-state index contributed by atoms with van der Waals surface area (Å²) in [7, 11) is 2.93. The number of rotatable bonds is 10. The Labute approximate surface area is 208 Å². The van der Waals surface area contributed by atoms with Gasteiger partial charge in [-0.15, -0.1) is 0 Å². The first kappa shape index (κ1) is 25.5. The molecule has 2 amide bonds. The van der Waals surface area contributed by atoms with Crippen LogP contribution in [0.15, 0.2) is 53.4 Å². The fourth-order valence-electron chi connectivity index (χ4n) is 3.31. The van der Waals surface area contributed by atoms with E-state index in [1.54, 1.807) is 66.6 Å². The molecule has 34 heavy (non-hydrogen) atoms. The number of benzene rings is 2. The van der Waals surface area contributed by atoms with Gasteiger partial charge in [-0.05, 0) is 60.9 Å². The Morgan fingerprint density at radius 1 is 1.03 bits per heavy atom. The lowest BCUT2D eigenvalue weighted by Gasteiger charge is -2.14. The maximum Gasteiger partial charge on any atom is 0.337 e. The third-order valence-corrected chi connectivity index (χ3v) is 6.54. The van der Waals surface area contributed by atoms with E-state index in [1.807, 2.05) is 0 Å². The lowest BCUT2D eigenvalue weighted by molar-refractivity contribution is -0.122. The Morgan fingerprint density at radius 2 is 1.74 bits per heavy atom. The first-order chi connectivity index (χ1) is 16.4. The van der Waals surface area contributed by atoms with Gasteiger partial charge in [0.05, 0.1) is 24.7 Å². The number of esters is 1. The number of ether oxygens (including phenoxy) is 2. The van der Waals surface area contributed by atoms with Crippen LogP contribution >= 0.6 is 24.0 Å². The van der Waals surface area contributed by atoms with Crippen molar-refractivity contribution in [1.82, 2.24) is 4.90 Å². The second-order valence-electron chi connectivity index (χ2n) is 7.53. The van der Waals surface area contributed by atoms with Gasteiger partial charge in [0.25, 0.3) is 5.91 Å². The Morgan fingerprint density at radius 3 is 2.38 bits per heavy atom. The molecule has 0 unspecified atom stereocenters. The highest BCUT2D eigenvalue weighted by molar-refractivity contribution is 8.26. The molecule has 178 valence electrons. The van der Waals surface area contributed by atoms with Crippen molar-refractivity contribution in [3.8, 4) is 5.75 Å². The average Bonchev–Trinajstić information content (AvgIpc) is 3.11. The first-order valence-corrected chi connectivity index (χ1v) is 12.0. The number of thioether (sulfide) groups is 1. The summed E-state index contributed by atoms with van der Waals surface area (Å²) in [5.41, 5.74) is 1.98. The predicted molar refractivity (Wildman–Crippen MR) is 138 cm³/mol. The standard InChI is InChI=1S/C25H26N2O5S2/c1-31-20-13-11-19(12-14-20)26-22(28)6-4-3-5-15-27-23(29)21(34-25(27)33)16-17-7-9-18(10-8-17)24(30)32-2/h7-14,16H,3-6,15H2,1-2H3,(H,26,28)/b21-16-. The molecule has 2 aromatic carbocycles. The van der Waals surface area contributed by atoms with Crippen molar-refractivity contribution >= 4 is 57.8 Å². The van der Waals surface area contributed by atoms with Crippen LogP contribution in [-0.4, -0.2) is 47.8 Å². The normalized spacial score (nSPS) is 14.4. The zero-order valence-corrected chi connectivity index (χ0v) is 20.7. The van der Waals surface area contributed by atoms with E-state index < -0.39 is 5.97 Å². The van der Waals surface area contributed by atoms with E-state index in [1.165, 1.54) is 18.9 Å². The van der Waals surface area contributed by atoms with Crippen molar-refractivity contribution in [2.45, 2.75) is 25.7 Å². The summed E-state index contributed by atoms with van der Waals surface area (Å²) in [6, 6.07) is 14.0. The van der Waals surface area contributed by atoms with Gasteiger partial charge in [0.15, 0.2) is 0 Å². The Hall–Kier alpha value is -3.17. The molecule has 1 N–H and O–H groups in total. The summed E-state index contributed by atoms with van der Waals surface area (Å²) in [6.45, 7) is 0.517. The van der Waals surface area contributed by atoms with Crippen molar-refractivity contribution in [3.63, 3.8) is 0 Å². The minimum absolute atomic E-state index is 0.0445. The molecule has 0 spiro atoms. The molecule has 0 saturated carbocycles. The van der Waals surface area contributed by atoms with E-state index in [0.29, 0.717) is 27.8 Å². The molecule has 1 heterocycles. The fourth-order valence-corrected chi connectivity index (χ4v) is 4.62. The summed E-state index contributed by atoms with van der Waals surface area (Å²) in [4.78, 5) is 38.6. The van der Waals surface area contributed by atoms with Crippen LogP contribution in [0.5, 0.6) is 5.75 Å². The second-order valence-corrected chi connectivity index (χ2v) is 9.21. The number of anilines is 1. The van der Waals surface area contributed by atoms with Gasteiger partial charge < -0.3 is 14.8 Å². The Bertz CT molecular complexity index is 1080. The fraction of sp³-hybridized carbons (Fsp3) is 0.280. The van der Waals surface area contributed by atoms with Crippen molar-refractivity contribution in [2.75, 3.05) is 26.1 Å². The molecular formula is C25H26N2O5S2. The molecule has 7 nitrogen and oxygen atoms in total. The third-order valence-electron chi connectivity index (χ3n) is 5.16. The van der Waals surface area contributed by atoms with Gasteiger partial charge >= 0.3 is 5.97 Å². The van der Waals surface area contributed by atoms with Crippen LogP contribution < -0.4 is 10.1 Å². The molecule has 0 aromatic heterocycles. The molecule has 0 bridgehead atoms. The first-order valence-electron chi connectivity index (χ1n) is 10.8. The molecule has 1 fully saturated rings. The number of nitrogens with one attached hydrogen (secondary N) is 1. The molecule has 0 aliphatic carbocycles. The molecule has 1 aliphatic rings. The molecule has 0 radical (unpaired) electrons. The number of carbonyl (C=O) groups is 3. The van der Waals surface area contributed by atoms with Gasteiger partial charge in [0, 0.05) is 18.7 Å². The summed E-state index contributed by atoms with van der Waals surface area (Å²) < 4.78 is 10.3. The number of nitrogens with zero attached hydrogens (tertiary/aromatic N) is 1. The number of methoxy groups -OCH3 is 2. The lowest BCUT2D eigenvalue weighted by Crippen LogP contribution is -2.29. The third kappa shape index (κ3) is 6.91. The second kappa shape index (κ2) is 12.3. The summed E-state index contributed by atoms with van der Waals surface area (Å²) in [5, 5.41) is 2.86. The van der Waals surface area contributed by atoms with E-state index in [2.05, 4.69) is 5.32 Å². The van der Waals surface area contributed by atoms with Gasteiger partial charge in [-0.1, -0.05) is 42.5 Å². The van der Waals surface area contributed by atoms with Crippen molar-refractivity contribution in [3.05, 3.63) is 64.6 Å². The predicted octanol–water partition coefficient (Wildman–Crippen LogP) is 4.88. The summed E-state index contributed by atoms with van der Waals surface area (Å²) in [5.74, 6) is 0.164. The van der Waals surface area contributed by atoms with Crippen molar-refractivity contribution < 1.29 is 23.9 Å². The minimum Gasteiger partial charge on any atom is -0.497 e. The van der Waals surface area contributed by atoms with Gasteiger partial charge in [-0.2, -0.15) is 0 Å². The van der Waals surface area contributed by atoms with Gasteiger partial charge in [-0.3, -0.25) is 14.5 Å². The quantitative estimate of drug-likeness (QED) is 0.216. The SMILES string of the molecule is COC(=O)c1ccc(/C=C2\SC(=S)N(CCCCCC(=O)Nc3ccc(OC)cc3)C2=O)cc1. The highest BCUT2D eigenvalue weighted by Crippen LogP contribution is 2.32. The van der Waals surface area contributed by atoms with E-state index >= 15 is 0 Å². The lowest BCUT2D eigenvalue weighted by atomic mass is 10.1. The Balaban J connectivity index is 1.42. The summed E-state index contributed by atoms with van der Waals surface area (Å²) >= 11 is 6.65. The van der Waals surface area contributed by atoms with Crippen LogP contribution in [0.3, 0.4) is 0 Å². The molecule has 1 saturated heterocycles. The highest BCUT2D eigenvalue weighted by Gasteiger charge is 2.31. The number of carbonyl (C=O) groups excluding carboxylic acids is 3. The van der Waals surface area contributed by atoms with Crippen LogP contribution in [0.25, 0.3) is 6.08 Å². The number of amides is 2. The number of unbranched alkanes of at least 4 members (excludes halogenated alkanes) is 2. The molecule has 3 rings (SSSR count). The van der Waals surface area contributed by atoms with Gasteiger partial charge in [0.1, 0.15) is 10.1 Å². The zero-order chi connectivity index (χ0) is 24.5. The van der Waals surface area contributed by atoms with E-state index in [0.717, 1.165) is 36.3 Å².